The van der Waals surface area contributed by atoms with Crippen LogP contribution in [0.5, 0.6) is 5.75 Å². The monoisotopic (exact) mass is 404 g/mol. The average Bonchev–Trinajstić information content (AvgIpc) is 2.78. The number of hydrogen-bond donors (Lipinski definition) is 1. The highest BCUT2D eigenvalue weighted by molar-refractivity contribution is 6.07. The number of aromatic nitrogens is 2. The normalized spacial score (nSPS) is 16.5. The Morgan fingerprint density at radius 3 is 2.93 bits per heavy atom. The largest absolute Gasteiger partial charge is 0.497 e. The van der Waals surface area contributed by atoms with Gasteiger partial charge in [0, 0.05) is 41.6 Å². The molecule has 1 N–H and O–H groups in total. The van der Waals surface area contributed by atoms with E-state index < -0.39 is 0 Å². The maximum absolute atomic E-state index is 13.6. The lowest BCUT2D eigenvalue weighted by atomic mass is 9.98. The van der Waals surface area contributed by atoms with E-state index >= 15 is 0 Å². The second-order valence-electron chi connectivity index (χ2n) is 7.78. The van der Waals surface area contributed by atoms with Crippen molar-refractivity contribution in [2.45, 2.75) is 45.6 Å². The number of nitrogens with zero attached hydrogens (tertiary/aromatic N) is 3. The van der Waals surface area contributed by atoms with E-state index in [4.69, 9.17) is 4.74 Å². The van der Waals surface area contributed by atoms with Crippen molar-refractivity contribution in [3.63, 3.8) is 0 Å². The van der Waals surface area contributed by atoms with Crippen molar-refractivity contribution in [2.24, 2.45) is 0 Å². The molecule has 1 saturated heterocycles. The summed E-state index contributed by atoms with van der Waals surface area (Å²) >= 11 is 0. The van der Waals surface area contributed by atoms with Gasteiger partial charge in [-0.1, -0.05) is 13.0 Å². The molecule has 0 bridgehead atoms. The van der Waals surface area contributed by atoms with Gasteiger partial charge in [0.25, 0.3) is 5.91 Å². The van der Waals surface area contributed by atoms with Gasteiger partial charge in [0.2, 0.25) is 0 Å². The molecule has 30 heavy (non-hydrogen) atoms. The van der Waals surface area contributed by atoms with Gasteiger partial charge in [0.15, 0.2) is 5.65 Å². The molecule has 1 aliphatic heterocycles. The Bertz CT molecular complexity index is 1070. The first-order valence-corrected chi connectivity index (χ1v) is 10.6. The topological polar surface area (TPSA) is 67.4 Å². The van der Waals surface area contributed by atoms with Crippen LogP contribution in [0.4, 0.5) is 11.4 Å². The van der Waals surface area contributed by atoms with Crippen molar-refractivity contribution in [2.75, 3.05) is 19.0 Å². The Balaban J connectivity index is 1.81. The zero-order valence-electron chi connectivity index (χ0n) is 17.8. The summed E-state index contributed by atoms with van der Waals surface area (Å²) in [4.78, 5) is 24.7. The maximum Gasteiger partial charge on any atom is 0.257 e. The lowest BCUT2D eigenvalue weighted by molar-refractivity contribution is 0.0609. The summed E-state index contributed by atoms with van der Waals surface area (Å²) < 4.78 is 5.36. The first-order chi connectivity index (χ1) is 14.6. The van der Waals surface area contributed by atoms with Crippen molar-refractivity contribution in [1.82, 2.24) is 14.9 Å². The Morgan fingerprint density at radius 1 is 1.27 bits per heavy atom. The number of methoxy groups -OCH3 is 1. The zero-order valence-corrected chi connectivity index (χ0v) is 17.8. The number of nitrogens with one attached hydrogen (secondary N) is 1. The summed E-state index contributed by atoms with van der Waals surface area (Å²) in [6.45, 7) is 4.88. The van der Waals surface area contributed by atoms with Gasteiger partial charge in [-0.15, -0.1) is 0 Å². The molecule has 2 aromatic heterocycles. The minimum absolute atomic E-state index is 0.0296. The first-order valence-electron chi connectivity index (χ1n) is 10.6. The molecular formula is C24H28N4O2. The van der Waals surface area contributed by atoms with Crippen LogP contribution in [0.25, 0.3) is 11.0 Å². The number of anilines is 2. The number of rotatable bonds is 5. The molecule has 0 radical (unpaired) electrons. The minimum atomic E-state index is 0.0296. The van der Waals surface area contributed by atoms with Gasteiger partial charge in [-0.25, -0.2) is 9.97 Å². The Labute approximate surface area is 177 Å². The van der Waals surface area contributed by atoms with Crippen LogP contribution in [0.2, 0.25) is 0 Å². The van der Waals surface area contributed by atoms with Crippen molar-refractivity contribution in [1.29, 1.82) is 0 Å². The number of aryl methyl sites for hydroxylation is 1. The summed E-state index contributed by atoms with van der Waals surface area (Å²) in [6, 6.07) is 11.9. The molecule has 3 aromatic rings. The van der Waals surface area contributed by atoms with Crippen LogP contribution in [-0.2, 0) is 0 Å². The van der Waals surface area contributed by atoms with Crippen molar-refractivity contribution >= 4 is 28.3 Å². The average molecular weight is 405 g/mol. The van der Waals surface area contributed by atoms with Gasteiger partial charge in [-0.05, 0) is 56.9 Å². The van der Waals surface area contributed by atoms with Gasteiger partial charge >= 0.3 is 0 Å². The van der Waals surface area contributed by atoms with Crippen LogP contribution < -0.4 is 10.1 Å². The van der Waals surface area contributed by atoms with Gasteiger partial charge in [-0.2, -0.15) is 0 Å². The van der Waals surface area contributed by atoms with E-state index in [1.165, 1.54) is 6.42 Å². The number of benzene rings is 1. The van der Waals surface area contributed by atoms with Crippen molar-refractivity contribution in [3.8, 4) is 5.75 Å². The highest BCUT2D eigenvalue weighted by atomic mass is 16.5. The number of likely N-dealkylation sites (tertiary alicyclic amines) is 1. The molecule has 6 heteroatoms. The van der Waals surface area contributed by atoms with Crippen LogP contribution in [0.1, 0.15) is 48.7 Å². The van der Waals surface area contributed by atoms with Crippen LogP contribution in [0.15, 0.2) is 42.6 Å². The van der Waals surface area contributed by atoms with Crippen LogP contribution in [0.3, 0.4) is 0 Å². The lowest BCUT2D eigenvalue weighted by Gasteiger charge is -2.35. The van der Waals surface area contributed by atoms with E-state index in [1.807, 2.05) is 48.2 Å². The third-order valence-electron chi connectivity index (χ3n) is 5.80. The fraction of sp³-hybridized carbons (Fsp3) is 0.375. The number of carbonyl (C=O) groups excluding carboxylic acids is 1. The molecule has 1 fully saturated rings. The number of ether oxygens (including phenoxy) is 1. The smallest absolute Gasteiger partial charge is 0.257 e. The Kier molecular flexibility index (Phi) is 5.84. The molecular weight excluding hydrogens is 376 g/mol. The predicted molar refractivity (Wildman–Crippen MR) is 120 cm³/mol. The number of piperidine rings is 1. The third-order valence-corrected chi connectivity index (χ3v) is 5.80. The molecule has 0 aliphatic carbocycles. The second kappa shape index (κ2) is 8.69. The first kappa shape index (κ1) is 20.1. The molecule has 1 aliphatic rings. The highest BCUT2D eigenvalue weighted by Gasteiger charge is 2.28. The molecule has 1 amide bonds. The molecule has 0 spiro atoms. The SMILES string of the molecule is CC[C@@H]1CCCCN1C(=O)c1cnc2nc(C)ccc2c1Nc1cccc(OC)c1. The molecule has 156 valence electrons. The quantitative estimate of drug-likeness (QED) is 0.641. The molecule has 6 nitrogen and oxygen atoms in total. The van der Waals surface area contributed by atoms with E-state index in [-0.39, 0.29) is 11.9 Å². The van der Waals surface area contributed by atoms with Gasteiger partial charge < -0.3 is 15.0 Å². The van der Waals surface area contributed by atoms with Gasteiger partial charge in [0.05, 0.1) is 18.4 Å². The van der Waals surface area contributed by atoms with E-state index in [1.54, 1.807) is 13.3 Å². The number of amides is 1. The summed E-state index contributed by atoms with van der Waals surface area (Å²) in [5, 5.41) is 4.29. The summed E-state index contributed by atoms with van der Waals surface area (Å²) in [7, 11) is 1.64. The summed E-state index contributed by atoms with van der Waals surface area (Å²) in [5.41, 5.74) is 3.69. The molecule has 1 atom stereocenters. The zero-order chi connectivity index (χ0) is 21.1. The summed E-state index contributed by atoms with van der Waals surface area (Å²) in [5.74, 6) is 0.782. The third kappa shape index (κ3) is 3.95. The maximum atomic E-state index is 13.6. The molecule has 0 unspecified atom stereocenters. The molecule has 3 heterocycles. The Hall–Kier alpha value is -3.15. The van der Waals surface area contributed by atoms with Crippen molar-refractivity contribution < 1.29 is 9.53 Å². The fourth-order valence-electron chi connectivity index (χ4n) is 4.16. The van der Waals surface area contributed by atoms with Gasteiger partial charge in [-0.3, -0.25) is 4.79 Å². The van der Waals surface area contributed by atoms with E-state index in [9.17, 15) is 4.79 Å². The summed E-state index contributed by atoms with van der Waals surface area (Å²) in [6.07, 6.45) is 5.91. The fourth-order valence-corrected chi connectivity index (χ4v) is 4.16. The van der Waals surface area contributed by atoms with Crippen LogP contribution >= 0.6 is 0 Å². The Morgan fingerprint density at radius 2 is 2.13 bits per heavy atom. The highest BCUT2D eigenvalue weighted by Crippen LogP contribution is 2.32. The van der Waals surface area contributed by atoms with E-state index in [2.05, 4.69) is 22.2 Å². The molecule has 0 saturated carbocycles. The van der Waals surface area contributed by atoms with Crippen LogP contribution in [0, 0.1) is 6.92 Å². The standard InChI is InChI=1S/C24H28N4O2/c1-4-18-9-5-6-13-28(18)24(29)21-15-25-23-20(12-11-16(2)26-23)22(21)27-17-8-7-10-19(14-17)30-3/h7-8,10-12,14-15,18H,4-6,9,13H2,1-3H3,(H,25,26,27)/t18-/m1/s1. The van der Waals surface area contributed by atoms with Crippen molar-refractivity contribution in [3.05, 3.63) is 53.9 Å². The number of pyridine rings is 2. The van der Waals surface area contributed by atoms with E-state index in [0.717, 1.165) is 54.0 Å². The number of fused-ring (bicyclic) bond motifs is 1. The second-order valence-corrected chi connectivity index (χ2v) is 7.78. The lowest BCUT2D eigenvalue weighted by Crippen LogP contribution is -2.43. The predicted octanol–water partition coefficient (Wildman–Crippen LogP) is 5.10. The minimum Gasteiger partial charge on any atom is -0.497 e. The number of hydrogen-bond acceptors (Lipinski definition) is 5. The van der Waals surface area contributed by atoms with E-state index in [0.29, 0.717) is 11.2 Å². The van der Waals surface area contributed by atoms with Gasteiger partial charge in [0.1, 0.15) is 5.75 Å². The van der Waals surface area contributed by atoms with Crippen LogP contribution in [-0.4, -0.2) is 40.5 Å². The molecule has 4 rings (SSSR count). The number of carbonyl (C=O) groups is 1. The molecule has 1 aromatic carbocycles.